The van der Waals surface area contributed by atoms with Crippen molar-refractivity contribution in [2.24, 2.45) is 5.16 Å². The van der Waals surface area contributed by atoms with Crippen molar-refractivity contribution in [3.05, 3.63) is 46.7 Å². The zero-order valence-corrected chi connectivity index (χ0v) is 12.6. The van der Waals surface area contributed by atoms with Crippen LogP contribution in [0.1, 0.15) is 11.8 Å². The highest BCUT2D eigenvalue weighted by atomic mass is 32.1. The largest absolute Gasteiger partial charge is 0.495 e. The first-order valence-corrected chi connectivity index (χ1v) is 7.22. The summed E-state index contributed by atoms with van der Waals surface area (Å²) in [4.78, 5) is 17.9. The van der Waals surface area contributed by atoms with Gasteiger partial charge in [0.1, 0.15) is 5.75 Å². The average Bonchev–Trinajstić information content (AvgIpc) is 3.02. The van der Waals surface area contributed by atoms with E-state index in [0.29, 0.717) is 11.4 Å². The van der Waals surface area contributed by atoms with Crippen molar-refractivity contribution in [3.63, 3.8) is 0 Å². The molecule has 0 spiro atoms. The number of amides is 1. The molecule has 0 radical (unpaired) electrons. The fourth-order valence-electron chi connectivity index (χ4n) is 1.65. The molecule has 1 aromatic heterocycles. The number of thiophene rings is 1. The highest BCUT2D eigenvalue weighted by molar-refractivity contribution is 7.12. The van der Waals surface area contributed by atoms with Crippen LogP contribution in [0.25, 0.3) is 0 Å². The molecule has 110 valence electrons. The Morgan fingerprint density at radius 2 is 2.10 bits per heavy atom. The van der Waals surface area contributed by atoms with E-state index >= 15 is 0 Å². The molecule has 0 aliphatic carbocycles. The molecule has 0 fully saturated rings. The lowest BCUT2D eigenvalue weighted by Crippen LogP contribution is -2.17. The monoisotopic (exact) mass is 304 g/mol. The van der Waals surface area contributed by atoms with Crippen LogP contribution in [-0.2, 0) is 9.63 Å². The predicted octanol–water partition coefficient (Wildman–Crippen LogP) is 3.14. The van der Waals surface area contributed by atoms with Crippen molar-refractivity contribution in [2.75, 3.05) is 19.0 Å². The summed E-state index contributed by atoms with van der Waals surface area (Å²) in [5.41, 5.74) is 1.35. The highest BCUT2D eigenvalue weighted by Gasteiger charge is 2.07. The third kappa shape index (κ3) is 4.32. The maximum atomic E-state index is 11.8. The summed E-state index contributed by atoms with van der Waals surface area (Å²) in [7, 11) is 1.55. The van der Waals surface area contributed by atoms with Gasteiger partial charge in [-0.3, -0.25) is 4.79 Å². The molecule has 1 N–H and O–H groups in total. The molecule has 0 aliphatic heterocycles. The number of carbonyl (C=O) groups excluding carboxylic acids is 1. The molecule has 1 amide bonds. The molecule has 21 heavy (non-hydrogen) atoms. The third-order valence-corrected chi connectivity index (χ3v) is 3.63. The van der Waals surface area contributed by atoms with Gasteiger partial charge in [-0.1, -0.05) is 23.4 Å². The van der Waals surface area contributed by atoms with Crippen molar-refractivity contribution < 1.29 is 14.4 Å². The Bertz CT molecular complexity index is 624. The van der Waals surface area contributed by atoms with E-state index in [4.69, 9.17) is 9.57 Å². The van der Waals surface area contributed by atoms with Gasteiger partial charge in [-0.05, 0) is 30.5 Å². The summed E-state index contributed by atoms with van der Waals surface area (Å²) < 4.78 is 5.16. The van der Waals surface area contributed by atoms with Gasteiger partial charge in [-0.25, -0.2) is 0 Å². The van der Waals surface area contributed by atoms with E-state index in [2.05, 4.69) is 10.5 Å². The summed E-state index contributed by atoms with van der Waals surface area (Å²) >= 11 is 1.57. The lowest BCUT2D eigenvalue weighted by atomic mass is 10.3. The van der Waals surface area contributed by atoms with Crippen LogP contribution < -0.4 is 10.1 Å². The molecular formula is C15H16N2O3S. The highest BCUT2D eigenvalue weighted by Crippen LogP contribution is 2.22. The quantitative estimate of drug-likeness (QED) is 0.659. The molecule has 0 unspecified atom stereocenters. The number of methoxy groups -OCH3 is 1. The summed E-state index contributed by atoms with van der Waals surface area (Å²) in [6, 6.07) is 11.1. The van der Waals surface area contributed by atoms with Gasteiger partial charge in [0.15, 0.2) is 6.61 Å². The van der Waals surface area contributed by atoms with Crippen molar-refractivity contribution in [1.29, 1.82) is 0 Å². The Balaban J connectivity index is 1.86. The van der Waals surface area contributed by atoms with Crippen LogP contribution in [0.3, 0.4) is 0 Å². The van der Waals surface area contributed by atoms with Gasteiger partial charge in [-0.15, -0.1) is 11.3 Å². The van der Waals surface area contributed by atoms with E-state index in [9.17, 15) is 4.79 Å². The Morgan fingerprint density at radius 3 is 2.81 bits per heavy atom. The number of carbonyl (C=O) groups is 1. The predicted molar refractivity (Wildman–Crippen MR) is 84.1 cm³/mol. The molecule has 1 heterocycles. The zero-order valence-electron chi connectivity index (χ0n) is 11.8. The maximum Gasteiger partial charge on any atom is 0.265 e. The second-order valence-corrected chi connectivity index (χ2v) is 5.12. The summed E-state index contributed by atoms with van der Waals surface area (Å²) in [6.45, 7) is 1.69. The van der Waals surface area contributed by atoms with E-state index in [-0.39, 0.29) is 12.5 Å². The Labute approximate surface area is 127 Å². The van der Waals surface area contributed by atoms with Crippen LogP contribution in [0.2, 0.25) is 0 Å². The van der Waals surface area contributed by atoms with Crippen LogP contribution in [0.15, 0.2) is 46.9 Å². The summed E-state index contributed by atoms with van der Waals surface area (Å²) in [5, 5.41) is 8.60. The van der Waals surface area contributed by atoms with Crippen molar-refractivity contribution >= 4 is 28.6 Å². The molecule has 0 aliphatic rings. The maximum absolute atomic E-state index is 11.8. The van der Waals surface area contributed by atoms with Gasteiger partial charge in [-0.2, -0.15) is 0 Å². The first kappa shape index (κ1) is 15.1. The van der Waals surface area contributed by atoms with Gasteiger partial charge in [0.25, 0.3) is 5.91 Å². The molecule has 0 saturated heterocycles. The van der Waals surface area contributed by atoms with Crippen LogP contribution in [-0.4, -0.2) is 25.3 Å². The fraction of sp³-hybridized carbons (Fsp3) is 0.200. The Kier molecular flexibility index (Phi) is 5.34. The van der Waals surface area contributed by atoms with Gasteiger partial charge in [0, 0.05) is 0 Å². The smallest absolute Gasteiger partial charge is 0.265 e. The van der Waals surface area contributed by atoms with Crippen LogP contribution in [0, 0.1) is 0 Å². The van der Waals surface area contributed by atoms with Crippen LogP contribution in [0.5, 0.6) is 5.75 Å². The van der Waals surface area contributed by atoms with Gasteiger partial charge in [0.2, 0.25) is 0 Å². The topological polar surface area (TPSA) is 59.9 Å². The first-order chi connectivity index (χ1) is 10.2. The van der Waals surface area contributed by atoms with E-state index in [1.54, 1.807) is 30.6 Å². The number of nitrogens with zero attached hydrogens (tertiary/aromatic N) is 1. The average molecular weight is 304 g/mol. The number of hydrogen-bond acceptors (Lipinski definition) is 5. The Hall–Kier alpha value is -2.34. The minimum atomic E-state index is -0.290. The second kappa shape index (κ2) is 7.44. The SMILES string of the molecule is COc1ccccc1NC(=O)CON=C(C)c1cccs1. The number of hydrogen-bond donors (Lipinski definition) is 1. The van der Waals surface area contributed by atoms with Crippen molar-refractivity contribution in [3.8, 4) is 5.75 Å². The zero-order chi connectivity index (χ0) is 15.1. The molecule has 0 atom stereocenters. The second-order valence-electron chi connectivity index (χ2n) is 4.18. The fourth-order valence-corrected chi connectivity index (χ4v) is 2.32. The molecule has 1 aromatic carbocycles. The van der Waals surface area contributed by atoms with Gasteiger partial charge < -0.3 is 14.9 Å². The molecule has 0 bridgehead atoms. The minimum Gasteiger partial charge on any atom is -0.495 e. The van der Waals surface area contributed by atoms with E-state index in [0.717, 1.165) is 10.6 Å². The van der Waals surface area contributed by atoms with E-state index < -0.39 is 0 Å². The molecule has 2 aromatic rings. The number of anilines is 1. The number of oxime groups is 1. The molecule has 2 rings (SSSR count). The number of benzene rings is 1. The van der Waals surface area contributed by atoms with Crippen LogP contribution >= 0.6 is 11.3 Å². The lowest BCUT2D eigenvalue weighted by Gasteiger charge is -2.09. The number of nitrogens with one attached hydrogen (secondary N) is 1. The first-order valence-electron chi connectivity index (χ1n) is 6.34. The number of para-hydroxylation sites is 2. The Morgan fingerprint density at radius 1 is 1.29 bits per heavy atom. The molecule has 5 nitrogen and oxygen atoms in total. The third-order valence-electron chi connectivity index (χ3n) is 2.66. The molecular weight excluding hydrogens is 288 g/mol. The van der Waals surface area contributed by atoms with E-state index in [1.807, 2.05) is 36.6 Å². The van der Waals surface area contributed by atoms with Crippen LogP contribution in [0.4, 0.5) is 5.69 Å². The molecule has 6 heteroatoms. The lowest BCUT2D eigenvalue weighted by molar-refractivity contribution is -0.120. The van der Waals surface area contributed by atoms with Crippen molar-refractivity contribution in [1.82, 2.24) is 0 Å². The normalized spacial score (nSPS) is 11.0. The number of rotatable bonds is 6. The van der Waals surface area contributed by atoms with Crippen molar-refractivity contribution in [2.45, 2.75) is 6.92 Å². The minimum absolute atomic E-state index is 0.152. The van der Waals surface area contributed by atoms with Gasteiger partial charge in [0.05, 0.1) is 23.4 Å². The standard InChI is InChI=1S/C15H16N2O3S/c1-11(14-8-5-9-21-14)17-20-10-15(18)16-12-6-3-4-7-13(12)19-2/h3-9H,10H2,1-2H3,(H,16,18). The van der Waals surface area contributed by atoms with E-state index in [1.165, 1.54) is 0 Å². The summed E-state index contributed by atoms with van der Waals surface area (Å²) in [5.74, 6) is 0.311. The van der Waals surface area contributed by atoms with Gasteiger partial charge >= 0.3 is 0 Å². The molecule has 0 saturated carbocycles. The number of ether oxygens (including phenoxy) is 1. The summed E-state index contributed by atoms with van der Waals surface area (Å²) in [6.07, 6.45) is 0.